The first-order valence-electron chi connectivity index (χ1n) is 5.21. The largest absolute Gasteiger partial charge is 0.310 e. The molecule has 1 aliphatic rings. The molecule has 1 nitrogen and oxygen atoms in total. The molecule has 1 heterocycles. The molecule has 1 aromatic rings. The zero-order valence-electron chi connectivity index (χ0n) is 8.98. The maximum absolute atomic E-state index is 13.3. The summed E-state index contributed by atoms with van der Waals surface area (Å²) in [6.45, 7) is -1.48. The highest BCUT2D eigenvalue weighted by Gasteiger charge is 2.19. The van der Waals surface area contributed by atoms with Crippen molar-refractivity contribution in [2.75, 3.05) is 6.50 Å². The molecular weight excluding hydrogens is 172 g/mol. The van der Waals surface area contributed by atoms with E-state index in [1.54, 1.807) is 0 Å². The minimum atomic E-state index is -1.48. The summed E-state index contributed by atoms with van der Waals surface area (Å²) in [6, 6.07) is 2.81. The minimum absolute atomic E-state index is 0.205. The molecule has 1 aliphatic heterocycles. The predicted molar refractivity (Wildman–Crippen MR) is 46.3 cm³/mol. The summed E-state index contributed by atoms with van der Waals surface area (Å²) in [4.78, 5) is 0. The second kappa shape index (κ2) is 3.42. The molecule has 1 aromatic carbocycles. The summed E-state index contributed by atoms with van der Waals surface area (Å²) >= 11 is 0. The van der Waals surface area contributed by atoms with E-state index >= 15 is 0 Å². The highest BCUT2D eigenvalue weighted by Crippen LogP contribution is 2.25. The highest BCUT2D eigenvalue weighted by molar-refractivity contribution is 5.23. The van der Waals surface area contributed by atoms with Crippen molar-refractivity contribution in [2.45, 2.75) is 18.9 Å². The minimum Gasteiger partial charge on any atom is -0.310 e. The van der Waals surface area contributed by atoms with Crippen LogP contribution in [0.25, 0.3) is 0 Å². The Morgan fingerprint density at radius 3 is 3.00 bits per heavy atom. The summed E-state index contributed by atoms with van der Waals surface area (Å²) in [5.41, 5.74) is 0.205. The van der Waals surface area contributed by atoms with Crippen LogP contribution in [0.2, 0.25) is 0 Å². The lowest BCUT2D eigenvalue weighted by Crippen LogP contribution is -2.14. The molecular formula is C10H11F2N. The fourth-order valence-electron chi connectivity index (χ4n) is 1.50. The molecule has 1 fully saturated rings. The molecule has 1 saturated heterocycles. The Morgan fingerprint density at radius 2 is 2.31 bits per heavy atom. The van der Waals surface area contributed by atoms with E-state index in [0.717, 1.165) is 18.2 Å². The average molecular weight is 185 g/mol. The van der Waals surface area contributed by atoms with Crippen molar-refractivity contribution < 1.29 is 11.5 Å². The summed E-state index contributed by atoms with van der Waals surface area (Å²) in [5.74, 6) is -0.993. The van der Waals surface area contributed by atoms with Gasteiger partial charge in [0.1, 0.15) is 11.6 Å². The van der Waals surface area contributed by atoms with E-state index in [0.29, 0.717) is 12.8 Å². The lowest BCUT2D eigenvalue weighted by atomic mass is 10.0. The third-order valence-electron chi connectivity index (χ3n) is 2.17. The number of hydrogen-bond donors (Lipinski definition) is 1. The van der Waals surface area contributed by atoms with Gasteiger partial charge in [-0.05, 0) is 37.5 Å². The van der Waals surface area contributed by atoms with Gasteiger partial charge in [0.25, 0.3) is 0 Å². The SMILES string of the molecule is [2H]C1([2H])CCC(c2cc(F)ccc2F)N1. The molecule has 0 spiro atoms. The zero-order valence-corrected chi connectivity index (χ0v) is 6.98. The lowest BCUT2D eigenvalue weighted by Gasteiger charge is -2.11. The first-order valence-corrected chi connectivity index (χ1v) is 4.21. The summed E-state index contributed by atoms with van der Waals surface area (Å²) in [5, 5.41) is 2.64. The van der Waals surface area contributed by atoms with Gasteiger partial charge in [-0.15, -0.1) is 0 Å². The number of benzene rings is 1. The monoisotopic (exact) mass is 185 g/mol. The Morgan fingerprint density at radius 1 is 1.46 bits per heavy atom. The molecule has 0 aliphatic carbocycles. The molecule has 70 valence electrons. The molecule has 0 bridgehead atoms. The van der Waals surface area contributed by atoms with Crippen LogP contribution in [0.1, 0.15) is 27.2 Å². The second-order valence-corrected chi connectivity index (χ2v) is 3.08. The van der Waals surface area contributed by atoms with Crippen molar-refractivity contribution in [1.29, 1.82) is 0 Å². The van der Waals surface area contributed by atoms with Crippen LogP contribution in [0.5, 0.6) is 0 Å². The molecule has 0 saturated carbocycles. The van der Waals surface area contributed by atoms with Gasteiger partial charge in [0.05, 0.1) is 0 Å². The van der Waals surface area contributed by atoms with Crippen LogP contribution in [-0.2, 0) is 0 Å². The predicted octanol–water partition coefficient (Wildman–Crippen LogP) is 2.39. The Bertz CT molecular complexity index is 382. The summed E-state index contributed by atoms with van der Waals surface area (Å²) < 4.78 is 41.1. The third kappa shape index (κ3) is 1.70. The van der Waals surface area contributed by atoms with Crippen molar-refractivity contribution in [3.63, 3.8) is 0 Å². The Kier molecular flexibility index (Phi) is 1.71. The maximum Gasteiger partial charge on any atom is 0.128 e. The molecule has 3 heteroatoms. The van der Waals surface area contributed by atoms with Gasteiger partial charge in [0.2, 0.25) is 0 Å². The van der Waals surface area contributed by atoms with Crippen LogP contribution in [0.4, 0.5) is 8.78 Å². The molecule has 1 N–H and O–H groups in total. The van der Waals surface area contributed by atoms with Crippen molar-refractivity contribution in [1.82, 2.24) is 5.32 Å². The molecule has 1 unspecified atom stereocenters. The molecule has 0 amide bonds. The first kappa shape index (κ1) is 6.49. The third-order valence-corrected chi connectivity index (χ3v) is 2.17. The van der Waals surface area contributed by atoms with E-state index in [2.05, 4.69) is 5.32 Å². The summed E-state index contributed by atoms with van der Waals surface area (Å²) in [6.07, 6.45) is 0.793. The number of nitrogens with one attached hydrogen (secondary N) is 1. The van der Waals surface area contributed by atoms with E-state index in [4.69, 9.17) is 2.74 Å². The quantitative estimate of drug-likeness (QED) is 0.708. The van der Waals surface area contributed by atoms with Crippen LogP contribution in [0, 0.1) is 11.6 Å². The van der Waals surface area contributed by atoms with Crippen LogP contribution in [0.3, 0.4) is 0 Å². The maximum atomic E-state index is 13.3. The van der Waals surface area contributed by atoms with Crippen LogP contribution in [-0.4, -0.2) is 6.50 Å². The highest BCUT2D eigenvalue weighted by atomic mass is 19.1. The summed E-state index contributed by atoms with van der Waals surface area (Å²) in [7, 11) is 0. The van der Waals surface area contributed by atoms with Gasteiger partial charge >= 0.3 is 0 Å². The fourth-order valence-corrected chi connectivity index (χ4v) is 1.50. The van der Waals surface area contributed by atoms with Crippen LogP contribution in [0.15, 0.2) is 18.2 Å². The van der Waals surface area contributed by atoms with Gasteiger partial charge < -0.3 is 5.32 Å². The first-order chi connectivity index (χ1) is 6.98. The van der Waals surface area contributed by atoms with Crippen LogP contribution >= 0.6 is 0 Å². The Balaban J connectivity index is 2.27. The van der Waals surface area contributed by atoms with Gasteiger partial charge in [0, 0.05) is 14.3 Å². The van der Waals surface area contributed by atoms with Crippen molar-refractivity contribution in [3.05, 3.63) is 35.4 Å². The topological polar surface area (TPSA) is 12.0 Å². The number of hydrogen-bond acceptors (Lipinski definition) is 1. The fraction of sp³-hybridized carbons (Fsp3) is 0.400. The van der Waals surface area contributed by atoms with Crippen LogP contribution < -0.4 is 5.32 Å². The van der Waals surface area contributed by atoms with E-state index in [1.165, 1.54) is 0 Å². The van der Waals surface area contributed by atoms with Crippen molar-refractivity contribution in [3.8, 4) is 0 Å². The van der Waals surface area contributed by atoms with Crippen molar-refractivity contribution in [2.24, 2.45) is 0 Å². The normalized spacial score (nSPS) is 28.3. The molecule has 0 radical (unpaired) electrons. The second-order valence-electron chi connectivity index (χ2n) is 3.08. The number of rotatable bonds is 1. The van der Waals surface area contributed by atoms with E-state index < -0.39 is 24.2 Å². The van der Waals surface area contributed by atoms with Crippen molar-refractivity contribution >= 4 is 0 Å². The zero-order chi connectivity index (χ0) is 11.1. The van der Waals surface area contributed by atoms with Gasteiger partial charge in [-0.3, -0.25) is 0 Å². The van der Waals surface area contributed by atoms with Gasteiger partial charge in [-0.1, -0.05) is 0 Å². The van der Waals surface area contributed by atoms with Gasteiger partial charge in [-0.2, -0.15) is 0 Å². The van der Waals surface area contributed by atoms with E-state index in [1.807, 2.05) is 0 Å². The molecule has 2 rings (SSSR count). The standard InChI is InChI=1S/C10H11F2N/c11-7-3-4-9(12)8(6-7)10-2-1-5-13-10/h3-4,6,10,13H,1-2,5H2/i5D2. The molecule has 1 atom stereocenters. The van der Waals surface area contributed by atoms with E-state index in [-0.39, 0.29) is 5.56 Å². The Hall–Kier alpha value is -0.960. The van der Waals surface area contributed by atoms with Gasteiger partial charge in [0.15, 0.2) is 0 Å². The van der Waals surface area contributed by atoms with Gasteiger partial charge in [-0.25, -0.2) is 8.78 Å². The molecule has 0 aromatic heterocycles. The lowest BCUT2D eigenvalue weighted by molar-refractivity contribution is 0.543. The number of halogens is 2. The smallest absolute Gasteiger partial charge is 0.128 e. The average Bonchev–Trinajstić information content (AvgIpc) is 2.50. The molecule has 13 heavy (non-hydrogen) atoms. The Labute approximate surface area is 78.6 Å². The van der Waals surface area contributed by atoms with E-state index in [9.17, 15) is 8.78 Å².